The van der Waals surface area contributed by atoms with Crippen LogP contribution in [0.1, 0.15) is 13.3 Å². The van der Waals surface area contributed by atoms with Crippen molar-refractivity contribution in [2.75, 3.05) is 13.6 Å². The largest absolute Gasteiger partial charge is 0.327 e. The third-order valence-electron chi connectivity index (χ3n) is 1.33. The number of hydrogen-bond acceptors (Lipinski definition) is 3. The smallest absolute Gasteiger partial charge is 0.276 e. The summed E-state index contributed by atoms with van der Waals surface area (Å²) >= 11 is 0. The molecule has 0 aromatic carbocycles. The maximum absolute atomic E-state index is 10.7. The van der Waals surface area contributed by atoms with Crippen molar-refractivity contribution < 1.29 is 8.42 Å². The maximum Gasteiger partial charge on any atom is 0.276 e. The molecule has 0 aromatic rings. The van der Waals surface area contributed by atoms with Gasteiger partial charge in [0.2, 0.25) is 0 Å². The van der Waals surface area contributed by atoms with Crippen molar-refractivity contribution in [1.82, 2.24) is 9.44 Å². The summed E-state index contributed by atoms with van der Waals surface area (Å²) in [6, 6.07) is -0.113. The molecule has 6 heteroatoms. The minimum absolute atomic E-state index is 0.113. The van der Waals surface area contributed by atoms with Crippen molar-refractivity contribution in [3.05, 3.63) is 0 Å². The van der Waals surface area contributed by atoms with E-state index in [1.54, 1.807) is 0 Å². The van der Waals surface area contributed by atoms with Crippen LogP contribution in [0.2, 0.25) is 0 Å². The summed E-state index contributed by atoms with van der Waals surface area (Å²) in [4.78, 5) is 0. The van der Waals surface area contributed by atoms with Gasteiger partial charge in [-0.1, -0.05) is 6.92 Å². The molecule has 0 aromatic heterocycles. The van der Waals surface area contributed by atoms with Crippen molar-refractivity contribution in [2.24, 2.45) is 5.73 Å². The summed E-state index contributed by atoms with van der Waals surface area (Å²) in [6.07, 6.45) is 0.756. The monoisotopic (exact) mass is 181 g/mol. The zero-order chi connectivity index (χ0) is 8.91. The first-order valence-electron chi connectivity index (χ1n) is 3.45. The van der Waals surface area contributed by atoms with Crippen molar-refractivity contribution in [1.29, 1.82) is 0 Å². The van der Waals surface area contributed by atoms with Crippen LogP contribution in [0.5, 0.6) is 0 Å². The van der Waals surface area contributed by atoms with E-state index in [0.717, 1.165) is 6.42 Å². The Bertz CT molecular complexity index is 190. The third-order valence-corrected chi connectivity index (χ3v) is 2.41. The van der Waals surface area contributed by atoms with E-state index in [1.165, 1.54) is 7.05 Å². The van der Waals surface area contributed by atoms with Gasteiger partial charge in [0.1, 0.15) is 0 Å². The lowest BCUT2D eigenvalue weighted by molar-refractivity contribution is 0.556. The van der Waals surface area contributed by atoms with Gasteiger partial charge in [-0.05, 0) is 6.42 Å². The Kier molecular flexibility index (Phi) is 4.58. The average molecular weight is 181 g/mol. The molecule has 0 radical (unpaired) electrons. The predicted octanol–water partition coefficient (Wildman–Crippen LogP) is -1.22. The van der Waals surface area contributed by atoms with E-state index < -0.39 is 10.2 Å². The van der Waals surface area contributed by atoms with E-state index in [2.05, 4.69) is 9.44 Å². The summed E-state index contributed by atoms with van der Waals surface area (Å²) in [7, 11) is -1.96. The molecule has 0 aliphatic rings. The van der Waals surface area contributed by atoms with Crippen LogP contribution < -0.4 is 15.2 Å². The summed E-state index contributed by atoms with van der Waals surface area (Å²) in [5.74, 6) is 0. The van der Waals surface area contributed by atoms with E-state index in [4.69, 9.17) is 5.73 Å². The van der Waals surface area contributed by atoms with E-state index >= 15 is 0 Å². The molecule has 0 saturated carbocycles. The van der Waals surface area contributed by atoms with Gasteiger partial charge in [0.15, 0.2) is 0 Å². The van der Waals surface area contributed by atoms with Crippen LogP contribution in [0.25, 0.3) is 0 Å². The Morgan fingerprint density at radius 2 is 2.09 bits per heavy atom. The average Bonchev–Trinajstić information content (AvgIpc) is 2.00. The molecule has 68 valence electrons. The second-order valence-electron chi connectivity index (χ2n) is 2.22. The molecule has 0 saturated heterocycles. The number of rotatable bonds is 5. The van der Waals surface area contributed by atoms with E-state index in [1.807, 2.05) is 6.92 Å². The molecular weight excluding hydrogens is 166 g/mol. The molecule has 0 bridgehead atoms. The Balaban J connectivity index is 3.71. The van der Waals surface area contributed by atoms with Gasteiger partial charge in [-0.2, -0.15) is 8.42 Å². The van der Waals surface area contributed by atoms with Gasteiger partial charge in [0.05, 0.1) is 0 Å². The molecule has 11 heavy (non-hydrogen) atoms. The minimum atomic E-state index is -3.30. The Morgan fingerprint density at radius 1 is 1.55 bits per heavy atom. The first kappa shape index (κ1) is 10.8. The lowest BCUT2D eigenvalue weighted by Gasteiger charge is -2.09. The highest BCUT2D eigenvalue weighted by Crippen LogP contribution is 1.83. The first-order chi connectivity index (χ1) is 5.02. The maximum atomic E-state index is 10.7. The predicted molar refractivity (Wildman–Crippen MR) is 44.2 cm³/mol. The second-order valence-corrected chi connectivity index (χ2v) is 3.93. The van der Waals surface area contributed by atoms with Crippen molar-refractivity contribution in [3.8, 4) is 0 Å². The van der Waals surface area contributed by atoms with Crippen LogP contribution in [0.3, 0.4) is 0 Å². The molecule has 0 spiro atoms. The van der Waals surface area contributed by atoms with Gasteiger partial charge in [0.25, 0.3) is 10.2 Å². The van der Waals surface area contributed by atoms with Crippen molar-refractivity contribution >= 4 is 10.2 Å². The summed E-state index contributed by atoms with van der Waals surface area (Å²) in [6.45, 7) is 2.18. The fourth-order valence-electron chi connectivity index (χ4n) is 0.433. The lowest BCUT2D eigenvalue weighted by atomic mass is 10.2. The highest BCUT2D eigenvalue weighted by atomic mass is 32.2. The van der Waals surface area contributed by atoms with Gasteiger partial charge < -0.3 is 5.73 Å². The molecule has 0 rings (SSSR count). The Hall–Kier alpha value is -0.170. The van der Waals surface area contributed by atoms with Gasteiger partial charge in [0, 0.05) is 19.6 Å². The number of nitrogens with two attached hydrogens (primary N) is 1. The summed E-state index contributed by atoms with van der Waals surface area (Å²) in [5, 5.41) is 0. The molecule has 1 atom stereocenters. The van der Waals surface area contributed by atoms with E-state index in [-0.39, 0.29) is 12.6 Å². The van der Waals surface area contributed by atoms with Gasteiger partial charge in [-0.25, -0.2) is 9.44 Å². The molecule has 5 nitrogen and oxygen atoms in total. The molecule has 4 N–H and O–H groups in total. The van der Waals surface area contributed by atoms with E-state index in [9.17, 15) is 8.42 Å². The van der Waals surface area contributed by atoms with Gasteiger partial charge in [-0.15, -0.1) is 0 Å². The Labute approximate surface area is 67.5 Å². The highest BCUT2D eigenvalue weighted by Gasteiger charge is 2.06. The lowest BCUT2D eigenvalue weighted by Crippen LogP contribution is -2.41. The van der Waals surface area contributed by atoms with Crippen LogP contribution in [0, 0.1) is 0 Å². The van der Waals surface area contributed by atoms with Crippen molar-refractivity contribution in [3.63, 3.8) is 0 Å². The molecule has 0 heterocycles. The van der Waals surface area contributed by atoms with E-state index in [0.29, 0.717) is 0 Å². The minimum Gasteiger partial charge on any atom is -0.327 e. The normalized spacial score (nSPS) is 14.8. The number of hydrogen-bond donors (Lipinski definition) is 3. The van der Waals surface area contributed by atoms with Crippen LogP contribution in [0.15, 0.2) is 0 Å². The topological polar surface area (TPSA) is 84.2 Å². The molecule has 0 aliphatic heterocycles. The molecule has 0 fully saturated rings. The fourth-order valence-corrected chi connectivity index (χ4v) is 1.01. The SMILES string of the molecule is CCC(N)CNS(=O)(=O)NC. The van der Waals surface area contributed by atoms with Crippen LogP contribution >= 0.6 is 0 Å². The van der Waals surface area contributed by atoms with Crippen LogP contribution in [-0.4, -0.2) is 28.1 Å². The summed E-state index contributed by atoms with van der Waals surface area (Å²) in [5.41, 5.74) is 5.48. The van der Waals surface area contributed by atoms with Gasteiger partial charge in [-0.3, -0.25) is 0 Å². The van der Waals surface area contributed by atoms with Crippen LogP contribution in [-0.2, 0) is 10.2 Å². The molecular formula is C5H15N3O2S. The molecule has 0 aliphatic carbocycles. The zero-order valence-corrected chi connectivity index (χ0v) is 7.61. The Morgan fingerprint density at radius 3 is 2.45 bits per heavy atom. The second kappa shape index (κ2) is 4.66. The molecule has 1 unspecified atom stereocenters. The first-order valence-corrected chi connectivity index (χ1v) is 4.94. The highest BCUT2D eigenvalue weighted by molar-refractivity contribution is 7.87. The van der Waals surface area contributed by atoms with Gasteiger partial charge >= 0.3 is 0 Å². The third kappa shape index (κ3) is 5.14. The standard InChI is InChI=1S/C5H15N3O2S/c1-3-5(6)4-8-11(9,10)7-2/h5,7-8H,3-4,6H2,1-2H3. The quantitative estimate of drug-likeness (QED) is 0.497. The van der Waals surface area contributed by atoms with Crippen molar-refractivity contribution in [2.45, 2.75) is 19.4 Å². The number of nitrogens with one attached hydrogen (secondary N) is 2. The molecule has 0 amide bonds. The zero-order valence-electron chi connectivity index (χ0n) is 6.79. The fraction of sp³-hybridized carbons (Fsp3) is 1.00. The summed E-state index contributed by atoms with van der Waals surface area (Å²) < 4.78 is 25.9. The van der Waals surface area contributed by atoms with Crippen LogP contribution in [0.4, 0.5) is 0 Å².